The van der Waals surface area contributed by atoms with Gasteiger partial charge in [-0.1, -0.05) is 41.1 Å². The van der Waals surface area contributed by atoms with Crippen molar-refractivity contribution in [2.75, 3.05) is 7.05 Å². The minimum absolute atomic E-state index is 0.138. The van der Waals surface area contributed by atoms with Gasteiger partial charge in [-0.2, -0.15) is 0 Å². The van der Waals surface area contributed by atoms with Crippen molar-refractivity contribution in [1.82, 2.24) is 4.90 Å². The fourth-order valence-corrected chi connectivity index (χ4v) is 2.48. The molecule has 0 heterocycles. The van der Waals surface area contributed by atoms with E-state index < -0.39 is 11.5 Å². The molecule has 1 rings (SSSR count). The molecule has 1 atom stereocenters. The molecule has 4 nitrogen and oxygen atoms in total. The number of carbonyl (C=O) groups is 2. The second kappa shape index (κ2) is 7.07. The van der Waals surface area contributed by atoms with Crippen molar-refractivity contribution in [3.63, 3.8) is 0 Å². The minimum Gasteiger partial charge on any atom is -0.480 e. The molecule has 0 radical (unpaired) electrons. The molecule has 0 aliphatic rings. The molecule has 0 aromatic heterocycles. The molecular formula is C16H22BrNO3. The lowest BCUT2D eigenvalue weighted by atomic mass is 9.93. The predicted molar refractivity (Wildman–Crippen MR) is 86.1 cm³/mol. The van der Waals surface area contributed by atoms with Crippen LogP contribution in [0.1, 0.15) is 32.8 Å². The highest BCUT2D eigenvalue weighted by Gasteiger charge is 2.37. The van der Waals surface area contributed by atoms with Crippen LogP contribution in [0.2, 0.25) is 0 Å². The first-order valence-electron chi connectivity index (χ1n) is 6.96. The summed E-state index contributed by atoms with van der Waals surface area (Å²) >= 11 is 3.48. The molecule has 1 amide bonds. The first-order valence-corrected chi connectivity index (χ1v) is 7.75. The van der Waals surface area contributed by atoms with Crippen LogP contribution in [0.15, 0.2) is 28.7 Å². The summed E-state index contributed by atoms with van der Waals surface area (Å²) in [5.74, 6) is -1.37. The third kappa shape index (κ3) is 4.06. The van der Waals surface area contributed by atoms with Gasteiger partial charge in [0.15, 0.2) is 0 Å². The Kier molecular flexibility index (Phi) is 5.96. The van der Waals surface area contributed by atoms with Crippen LogP contribution in [0.5, 0.6) is 0 Å². The summed E-state index contributed by atoms with van der Waals surface area (Å²) in [5.41, 5.74) is -0.155. The fraction of sp³-hybridized carbons (Fsp3) is 0.500. The maximum atomic E-state index is 12.6. The molecule has 116 valence electrons. The quantitative estimate of drug-likeness (QED) is 0.851. The number of hydrogen-bond acceptors (Lipinski definition) is 2. The average Bonchev–Trinajstić information content (AvgIpc) is 2.44. The number of likely N-dealkylation sites (N-methyl/N-ethyl adjacent to an activating group) is 1. The summed E-state index contributed by atoms with van der Waals surface area (Å²) in [7, 11) is 1.55. The molecule has 5 heteroatoms. The number of hydrogen-bond donors (Lipinski definition) is 1. The molecule has 0 spiro atoms. The van der Waals surface area contributed by atoms with Crippen molar-refractivity contribution < 1.29 is 14.7 Å². The monoisotopic (exact) mass is 355 g/mol. The third-order valence-electron chi connectivity index (χ3n) is 3.96. The Labute approximate surface area is 134 Å². The zero-order valence-electron chi connectivity index (χ0n) is 12.9. The van der Waals surface area contributed by atoms with Gasteiger partial charge < -0.3 is 10.0 Å². The molecule has 0 aliphatic carbocycles. The Balaban J connectivity index is 2.93. The van der Waals surface area contributed by atoms with E-state index in [0.29, 0.717) is 12.8 Å². The average molecular weight is 356 g/mol. The van der Waals surface area contributed by atoms with E-state index in [-0.39, 0.29) is 11.8 Å². The number of carboxylic acid groups (broad SMARTS) is 1. The number of aliphatic carboxylic acids is 1. The molecule has 1 aromatic rings. The number of halogens is 1. The minimum atomic E-state index is -1.21. The van der Waals surface area contributed by atoms with Crippen LogP contribution in [0, 0.1) is 5.92 Å². The van der Waals surface area contributed by atoms with E-state index >= 15 is 0 Å². The Morgan fingerprint density at radius 3 is 2.38 bits per heavy atom. The Morgan fingerprint density at radius 1 is 1.33 bits per heavy atom. The van der Waals surface area contributed by atoms with E-state index in [1.165, 1.54) is 4.90 Å². The van der Waals surface area contributed by atoms with E-state index in [0.717, 1.165) is 10.0 Å². The van der Waals surface area contributed by atoms with Gasteiger partial charge in [0.25, 0.3) is 0 Å². The van der Waals surface area contributed by atoms with Gasteiger partial charge in [-0.25, -0.2) is 4.79 Å². The van der Waals surface area contributed by atoms with E-state index in [1.54, 1.807) is 20.9 Å². The molecule has 0 saturated carbocycles. The number of carboxylic acids is 1. The highest BCUT2D eigenvalue weighted by atomic mass is 79.9. The zero-order valence-corrected chi connectivity index (χ0v) is 14.5. The van der Waals surface area contributed by atoms with Gasteiger partial charge in [-0.3, -0.25) is 4.79 Å². The fourth-order valence-electron chi connectivity index (χ4n) is 2.03. The summed E-state index contributed by atoms with van der Waals surface area (Å²) in [6.07, 6.45) is 1.26. The Morgan fingerprint density at radius 2 is 1.90 bits per heavy atom. The maximum Gasteiger partial charge on any atom is 0.329 e. The van der Waals surface area contributed by atoms with Crippen LogP contribution in [-0.2, 0) is 16.0 Å². The van der Waals surface area contributed by atoms with Crippen molar-refractivity contribution in [2.24, 2.45) is 5.92 Å². The van der Waals surface area contributed by atoms with Gasteiger partial charge >= 0.3 is 5.97 Å². The third-order valence-corrected chi connectivity index (χ3v) is 4.73. The lowest BCUT2D eigenvalue weighted by molar-refractivity contribution is -0.157. The molecular weight excluding hydrogens is 334 g/mol. The van der Waals surface area contributed by atoms with Crippen molar-refractivity contribution in [1.29, 1.82) is 0 Å². The number of nitrogens with zero attached hydrogens (tertiary/aromatic N) is 1. The normalized spacial score (nSPS) is 12.8. The largest absolute Gasteiger partial charge is 0.480 e. The van der Waals surface area contributed by atoms with Gasteiger partial charge in [-0.15, -0.1) is 0 Å². The van der Waals surface area contributed by atoms with Gasteiger partial charge in [0.2, 0.25) is 5.91 Å². The van der Waals surface area contributed by atoms with E-state index in [1.807, 2.05) is 31.2 Å². The van der Waals surface area contributed by atoms with Crippen LogP contribution in [0.25, 0.3) is 0 Å². The van der Waals surface area contributed by atoms with Crippen LogP contribution in [0.4, 0.5) is 0 Å². The van der Waals surface area contributed by atoms with Crippen molar-refractivity contribution in [3.8, 4) is 0 Å². The smallest absolute Gasteiger partial charge is 0.329 e. The second-order valence-electron chi connectivity index (χ2n) is 5.66. The number of benzene rings is 1. The van der Waals surface area contributed by atoms with Crippen LogP contribution in [0.3, 0.4) is 0 Å². The Hall–Kier alpha value is -1.36. The second-order valence-corrected chi connectivity index (χ2v) is 6.52. The summed E-state index contributed by atoms with van der Waals surface area (Å²) in [6.45, 7) is 5.03. The van der Waals surface area contributed by atoms with E-state index in [4.69, 9.17) is 0 Å². The zero-order chi connectivity index (χ0) is 16.2. The van der Waals surface area contributed by atoms with E-state index in [2.05, 4.69) is 15.9 Å². The Bertz CT molecular complexity index is 528. The number of amides is 1. The van der Waals surface area contributed by atoms with Crippen LogP contribution >= 0.6 is 15.9 Å². The first-order chi connectivity index (χ1) is 9.71. The van der Waals surface area contributed by atoms with Crippen LogP contribution in [-0.4, -0.2) is 34.5 Å². The van der Waals surface area contributed by atoms with Gasteiger partial charge in [0.1, 0.15) is 5.54 Å². The topological polar surface area (TPSA) is 57.6 Å². The number of carbonyl (C=O) groups excluding carboxylic acids is 1. The van der Waals surface area contributed by atoms with Crippen molar-refractivity contribution in [3.05, 3.63) is 34.3 Å². The van der Waals surface area contributed by atoms with Gasteiger partial charge in [0, 0.05) is 17.4 Å². The lowest BCUT2D eigenvalue weighted by Crippen LogP contribution is -2.52. The summed E-state index contributed by atoms with van der Waals surface area (Å²) in [5, 5.41) is 9.25. The molecule has 0 aliphatic heterocycles. The summed E-state index contributed by atoms with van der Waals surface area (Å²) < 4.78 is 0.969. The predicted octanol–water partition coefficient (Wildman–Crippen LogP) is 3.34. The van der Waals surface area contributed by atoms with Gasteiger partial charge in [-0.05, 0) is 38.3 Å². The SMILES string of the molecule is CCC(Cc1ccccc1Br)C(=O)N(C)C(C)(C)C(=O)O. The van der Waals surface area contributed by atoms with Crippen molar-refractivity contribution in [2.45, 2.75) is 39.2 Å². The molecule has 1 aromatic carbocycles. The molecule has 1 N–H and O–H groups in total. The molecule has 21 heavy (non-hydrogen) atoms. The summed E-state index contributed by atoms with van der Waals surface area (Å²) in [6, 6.07) is 7.78. The van der Waals surface area contributed by atoms with Crippen LogP contribution < -0.4 is 0 Å². The number of rotatable bonds is 6. The molecule has 0 saturated heterocycles. The van der Waals surface area contributed by atoms with Crippen molar-refractivity contribution >= 4 is 27.8 Å². The molecule has 0 fully saturated rings. The standard InChI is InChI=1S/C16H22BrNO3/c1-5-11(10-12-8-6-7-9-13(12)17)14(19)18(4)16(2,3)15(20)21/h6-9,11H,5,10H2,1-4H3,(H,20,21). The first kappa shape index (κ1) is 17.7. The van der Waals surface area contributed by atoms with E-state index in [9.17, 15) is 14.7 Å². The highest BCUT2D eigenvalue weighted by molar-refractivity contribution is 9.10. The lowest BCUT2D eigenvalue weighted by Gasteiger charge is -2.34. The molecule has 1 unspecified atom stereocenters. The summed E-state index contributed by atoms with van der Waals surface area (Å²) in [4.78, 5) is 25.2. The molecule has 0 bridgehead atoms. The maximum absolute atomic E-state index is 12.6. The highest BCUT2D eigenvalue weighted by Crippen LogP contribution is 2.24. The van der Waals surface area contributed by atoms with Gasteiger partial charge in [0.05, 0.1) is 0 Å².